The summed E-state index contributed by atoms with van der Waals surface area (Å²) in [6.07, 6.45) is 3.74. The summed E-state index contributed by atoms with van der Waals surface area (Å²) in [4.78, 5) is 16.7. The molecule has 0 radical (unpaired) electrons. The maximum absolute atomic E-state index is 12.5. The van der Waals surface area contributed by atoms with Gasteiger partial charge in [0.2, 0.25) is 0 Å². The van der Waals surface area contributed by atoms with Gasteiger partial charge in [0.25, 0.3) is 5.56 Å². The van der Waals surface area contributed by atoms with Gasteiger partial charge in [0.1, 0.15) is 0 Å². The molecule has 0 aliphatic rings. The highest BCUT2D eigenvalue weighted by Gasteiger charge is 2.11. The molecule has 0 fully saturated rings. The molecule has 2 aromatic carbocycles. The first-order valence-electron chi connectivity index (χ1n) is 8.37. The number of hydrogen-bond donors (Lipinski definition) is 1. The van der Waals surface area contributed by atoms with Crippen LogP contribution in [0.4, 0.5) is 0 Å². The zero-order valence-corrected chi connectivity index (χ0v) is 14.0. The van der Waals surface area contributed by atoms with Crippen molar-refractivity contribution >= 4 is 11.6 Å². The van der Waals surface area contributed by atoms with Crippen LogP contribution < -0.4 is 5.56 Å². The van der Waals surface area contributed by atoms with Crippen molar-refractivity contribution < 1.29 is 0 Å². The Kier molecular flexibility index (Phi) is 4.31. The van der Waals surface area contributed by atoms with E-state index in [1.807, 2.05) is 72.8 Å². The number of nitrogens with one attached hydrogen (secondary N) is 1. The summed E-state index contributed by atoms with van der Waals surface area (Å²) >= 11 is 0. The molecule has 0 aliphatic heterocycles. The van der Waals surface area contributed by atoms with Crippen molar-refractivity contribution in [2.24, 2.45) is 0 Å². The minimum Gasteiger partial charge on any atom is -0.289 e. The predicted molar refractivity (Wildman–Crippen MR) is 104 cm³/mol. The molecule has 0 unspecified atom stereocenters. The Hall–Kier alpha value is -3.66. The minimum absolute atomic E-state index is 0.145. The van der Waals surface area contributed by atoms with Gasteiger partial charge in [-0.05, 0) is 29.3 Å². The molecule has 1 N–H and O–H groups in total. The summed E-state index contributed by atoms with van der Waals surface area (Å²) in [5.41, 5.74) is 3.65. The standard InChI is InChI=1S/C22H17N3O/c26-22-16-20(24-25(22)21-13-7-8-14-23-21)19(18-11-5-2-6-12-18)15-17-9-3-1-4-10-17/h1-16,24H/b19-15+. The van der Waals surface area contributed by atoms with Crippen molar-refractivity contribution in [3.63, 3.8) is 0 Å². The maximum atomic E-state index is 12.5. The Bertz CT molecular complexity index is 1080. The fraction of sp³-hybridized carbons (Fsp3) is 0. The fourth-order valence-corrected chi connectivity index (χ4v) is 2.84. The van der Waals surface area contributed by atoms with E-state index in [0.717, 1.165) is 22.4 Å². The molecule has 0 saturated carbocycles. The molecule has 0 bridgehead atoms. The Morgan fingerprint density at radius 2 is 1.58 bits per heavy atom. The topological polar surface area (TPSA) is 50.7 Å². The Morgan fingerprint density at radius 3 is 2.27 bits per heavy atom. The molecule has 2 heterocycles. The fourth-order valence-electron chi connectivity index (χ4n) is 2.84. The highest BCUT2D eigenvalue weighted by atomic mass is 16.1. The van der Waals surface area contributed by atoms with E-state index < -0.39 is 0 Å². The molecule has 2 aromatic heterocycles. The van der Waals surface area contributed by atoms with Gasteiger partial charge in [-0.2, -0.15) is 0 Å². The van der Waals surface area contributed by atoms with E-state index in [1.165, 1.54) is 4.68 Å². The molecule has 4 aromatic rings. The number of aromatic nitrogens is 3. The van der Waals surface area contributed by atoms with Crippen LogP contribution in [-0.2, 0) is 0 Å². The highest BCUT2D eigenvalue weighted by molar-refractivity contribution is 5.90. The van der Waals surface area contributed by atoms with Crippen molar-refractivity contribution in [3.05, 3.63) is 118 Å². The van der Waals surface area contributed by atoms with Gasteiger partial charge in [-0.15, -0.1) is 0 Å². The molecule has 4 rings (SSSR count). The van der Waals surface area contributed by atoms with Crippen molar-refractivity contribution in [1.29, 1.82) is 0 Å². The molecule has 0 saturated heterocycles. The Morgan fingerprint density at radius 1 is 0.885 bits per heavy atom. The van der Waals surface area contributed by atoms with Crippen molar-refractivity contribution in [3.8, 4) is 5.82 Å². The first-order valence-corrected chi connectivity index (χ1v) is 8.37. The van der Waals surface area contributed by atoms with E-state index in [1.54, 1.807) is 18.3 Å². The van der Waals surface area contributed by atoms with Crippen LogP contribution in [-0.4, -0.2) is 14.8 Å². The van der Waals surface area contributed by atoms with Gasteiger partial charge < -0.3 is 0 Å². The number of hydrogen-bond acceptors (Lipinski definition) is 2. The van der Waals surface area contributed by atoms with E-state index in [0.29, 0.717) is 5.82 Å². The van der Waals surface area contributed by atoms with Crippen LogP contribution in [0, 0.1) is 0 Å². The zero-order valence-electron chi connectivity index (χ0n) is 14.0. The summed E-state index contributed by atoms with van der Waals surface area (Å²) in [6, 6.07) is 27.2. The normalized spacial score (nSPS) is 11.5. The van der Waals surface area contributed by atoms with Crippen molar-refractivity contribution in [2.45, 2.75) is 0 Å². The predicted octanol–water partition coefficient (Wildman–Crippen LogP) is 4.15. The van der Waals surface area contributed by atoms with Gasteiger partial charge in [-0.3, -0.25) is 9.89 Å². The monoisotopic (exact) mass is 339 g/mol. The third kappa shape index (κ3) is 3.26. The first-order chi connectivity index (χ1) is 12.8. The summed E-state index contributed by atoms with van der Waals surface area (Å²) < 4.78 is 1.46. The molecule has 126 valence electrons. The van der Waals surface area contributed by atoms with E-state index in [-0.39, 0.29) is 5.56 Å². The third-order valence-corrected chi connectivity index (χ3v) is 4.08. The summed E-state index contributed by atoms with van der Waals surface area (Å²) in [7, 11) is 0. The van der Waals surface area contributed by atoms with Gasteiger partial charge in [-0.25, -0.2) is 9.67 Å². The SMILES string of the molecule is O=c1cc(/C(=C/c2ccccc2)c2ccccc2)[nH]n1-c1ccccn1. The number of rotatable bonds is 4. The molecule has 0 spiro atoms. The van der Waals surface area contributed by atoms with E-state index in [9.17, 15) is 4.79 Å². The maximum Gasteiger partial charge on any atom is 0.273 e. The van der Waals surface area contributed by atoms with Crippen LogP contribution in [0.5, 0.6) is 0 Å². The lowest BCUT2D eigenvalue weighted by Crippen LogP contribution is -2.14. The first kappa shape index (κ1) is 15.8. The molecular formula is C22H17N3O. The molecule has 0 amide bonds. The van der Waals surface area contributed by atoms with Gasteiger partial charge in [0.05, 0.1) is 5.69 Å². The van der Waals surface area contributed by atoms with Crippen LogP contribution >= 0.6 is 0 Å². The molecule has 0 aliphatic carbocycles. The Labute approximate surface area is 151 Å². The van der Waals surface area contributed by atoms with Crippen LogP contribution in [0.25, 0.3) is 17.5 Å². The lowest BCUT2D eigenvalue weighted by atomic mass is 10.00. The lowest BCUT2D eigenvalue weighted by molar-refractivity contribution is 0.814. The van der Waals surface area contributed by atoms with Crippen molar-refractivity contribution in [2.75, 3.05) is 0 Å². The van der Waals surface area contributed by atoms with Crippen LogP contribution in [0.2, 0.25) is 0 Å². The van der Waals surface area contributed by atoms with Gasteiger partial charge >= 0.3 is 0 Å². The van der Waals surface area contributed by atoms with E-state index in [2.05, 4.69) is 16.2 Å². The lowest BCUT2D eigenvalue weighted by Gasteiger charge is -2.07. The summed E-state index contributed by atoms with van der Waals surface area (Å²) in [6.45, 7) is 0. The highest BCUT2D eigenvalue weighted by Crippen LogP contribution is 2.24. The molecule has 26 heavy (non-hydrogen) atoms. The molecule has 4 heteroatoms. The Balaban J connectivity index is 1.86. The van der Waals surface area contributed by atoms with Gasteiger partial charge in [-0.1, -0.05) is 66.7 Å². The van der Waals surface area contributed by atoms with Gasteiger partial charge in [0.15, 0.2) is 5.82 Å². The number of aromatic amines is 1. The van der Waals surface area contributed by atoms with Gasteiger partial charge in [0, 0.05) is 17.8 Å². The number of pyridine rings is 1. The number of H-pyrrole nitrogens is 1. The third-order valence-electron chi connectivity index (χ3n) is 4.08. The van der Waals surface area contributed by atoms with E-state index in [4.69, 9.17) is 0 Å². The molecular weight excluding hydrogens is 322 g/mol. The number of benzene rings is 2. The summed E-state index contributed by atoms with van der Waals surface area (Å²) in [5.74, 6) is 0.566. The van der Waals surface area contributed by atoms with Crippen LogP contribution in [0.1, 0.15) is 16.8 Å². The average molecular weight is 339 g/mol. The largest absolute Gasteiger partial charge is 0.289 e. The molecule has 0 atom stereocenters. The second-order valence-corrected chi connectivity index (χ2v) is 5.87. The second kappa shape index (κ2) is 7.07. The smallest absolute Gasteiger partial charge is 0.273 e. The van der Waals surface area contributed by atoms with Crippen LogP contribution in [0.15, 0.2) is 95.9 Å². The number of nitrogens with zero attached hydrogens (tertiary/aromatic N) is 2. The minimum atomic E-state index is -0.145. The van der Waals surface area contributed by atoms with E-state index >= 15 is 0 Å². The van der Waals surface area contributed by atoms with Crippen LogP contribution in [0.3, 0.4) is 0 Å². The average Bonchev–Trinajstić information content (AvgIpc) is 3.09. The zero-order chi connectivity index (χ0) is 17.8. The second-order valence-electron chi connectivity index (χ2n) is 5.87. The van der Waals surface area contributed by atoms with Crippen molar-refractivity contribution in [1.82, 2.24) is 14.8 Å². The summed E-state index contributed by atoms with van der Waals surface area (Å²) in [5, 5.41) is 3.19. The molecule has 4 nitrogen and oxygen atoms in total. The quantitative estimate of drug-likeness (QED) is 0.568.